The van der Waals surface area contributed by atoms with Gasteiger partial charge in [-0.3, -0.25) is 4.79 Å². The lowest BCUT2D eigenvalue weighted by Crippen LogP contribution is -2.24. The zero-order chi connectivity index (χ0) is 14.7. The van der Waals surface area contributed by atoms with Crippen LogP contribution in [0, 0.1) is 11.8 Å². The molecule has 1 aromatic carbocycles. The second kappa shape index (κ2) is 6.29. The van der Waals surface area contributed by atoms with E-state index in [-0.39, 0.29) is 11.5 Å². The zero-order valence-electron chi connectivity index (χ0n) is 12.7. The molecule has 1 aromatic rings. The molecule has 1 unspecified atom stereocenters. The first-order valence-electron chi connectivity index (χ1n) is 7.58. The summed E-state index contributed by atoms with van der Waals surface area (Å²) in [6.07, 6.45) is 3.68. The number of hydrogen-bond acceptors (Lipinski definition) is 3. The van der Waals surface area contributed by atoms with E-state index in [0.717, 1.165) is 30.6 Å². The van der Waals surface area contributed by atoms with Crippen molar-refractivity contribution in [3.63, 3.8) is 0 Å². The summed E-state index contributed by atoms with van der Waals surface area (Å²) in [5.74, 6) is 1.54. The molecule has 20 heavy (non-hydrogen) atoms. The first-order valence-corrected chi connectivity index (χ1v) is 7.58. The normalized spacial score (nSPS) is 20.0. The van der Waals surface area contributed by atoms with Gasteiger partial charge in [0.2, 0.25) is 0 Å². The van der Waals surface area contributed by atoms with Crippen LogP contribution in [0.2, 0.25) is 0 Å². The second-order valence-electron chi connectivity index (χ2n) is 6.18. The lowest BCUT2D eigenvalue weighted by atomic mass is 9.89. The van der Waals surface area contributed by atoms with Gasteiger partial charge >= 0.3 is 0 Å². The van der Waals surface area contributed by atoms with Gasteiger partial charge in [0.15, 0.2) is 5.78 Å². The molecular formula is C17H25NO2. The molecule has 0 spiro atoms. The number of carbonyl (C=O) groups is 1. The number of rotatable bonds is 3. The highest BCUT2D eigenvalue weighted by Crippen LogP contribution is 2.30. The number of nitrogens with zero attached hydrogens (tertiary/aromatic N) is 1. The number of phenols is 1. The third kappa shape index (κ3) is 3.33. The molecule has 1 saturated heterocycles. The van der Waals surface area contributed by atoms with Crippen molar-refractivity contribution in [1.29, 1.82) is 0 Å². The smallest absolute Gasteiger partial charge is 0.163 e. The van der Waals surface area contributed by atoms with Crippen LogP contribution in [0.4, 0.5) is 5.69 Å². The Labute approximate surface area is 121 Å². The molecule has 3 nitrogen and oxygen atoms in total. The highest BCUT2D eigenvalue weighted by molar-refractivity contribution is 5.97. The lowest BCUT2D eigenvalue weighted by Gasteiger charge is -2.24. The minimum Gasteiger partial charge on any atom is -0.507 e. The third-order valence-corrected chi connectivity index (χ3v) is 4.44. The molecule has 1 atom stereocenters. The van der Waals surface area contributed by atoms with Gasteiger partial charge in [0.1, 0.15) is 5.75 Å². The van der Waals surface area contributed by atoms with E-state index < -0.39 is 0 Å². The Morgan fingerprint density at radius 2 is 2.05 bits per heavy atom. The third-order valence-electron chi connectivity index (χ3n) is 4.44. The maximum atomic E-state index is 11.4. The van der Waals surface area contributed by atoms with Crippen molar-refractivity contribution >= 4 is 11.5 Å². The molecule has 0 bridgehead atoms. The van der Waals surface area contributed by atoms with Crippen molar-refractivity contribution in [3.8, 4) is 5.75 Å². The molecule has 0 aliphatic carbocycles. The number of carbonyl (C=O) groups excluding carboxylic acids is 1. The summed E-state index contributed by atoms with van der Waals surface area (Å²) in [6, 6.07) is 5.41. The van der Waals surface area contributed by atoms with Crippen molar-refractivity contribution in [3.05, 3.63) is 23.8 Å². The highest BCUT2D eigenvalue weighted by atomic mass is 16.3. The molecule has 1 fully saturated rings. The Balaban J connectivity index is 2.12. The van der Waals surface area contributed by atoms with E-state index in [2.05, 4.69) is 18.7 Å². The molecule has 1 aliphatic rings. The zero-order valence-corrected chi connectivity index (χ0v) is 12.7. The monoisotopic (exact) mass is 275 g/mol. The summed E-state index contributed by atoms with van der Waals surface area (Å²) < 4.78 is 0. The molecule has 1 aliphatic heterocycles. The Morgan fingerprint density at radius 3 is 2.65 bits per heavy atom. The number of Topliss-reactive ketones (excluding diaryl/α,β-unsaturated/α-hetero) is 1. The minimum absolute atomic E-state index is 0.0928. The summed E-state index contributed by atoms with van der Waals surface area (Å²) >= 11 is 0. The number of ketones is 1. The molecular weight excluding hydrogens is 250 g/mol. The van der Waals surface area contributed by atoms with Gasteiger partial charge in [-0.15, -0.1) is 0 Å². The van der Waals surface area contributed by atoms with Gasteiger partial charge in [-0.2, -0.15) is 0 Å². The van der Waals surface area contributed by atoms with Crippen molar-refractivity contribution in [1.82, 2.24) is 0 Å². The van der Waals surface area contributed by atoms with Crippen LogP contribution in [-0.4, -0.2) is 24.0 Å². The Morgan fingerprint density at radius 1 is 1.30 bits per heavy atom. The van der Waals surface area contributed by atoms with Crippen LogP contribution in [0.5, 0.6) is 5.75 Å². The van der Waals surface area contributed by atoms with E-state index in [1.54, 1.807) is 12.1 Å². The van der Waals surface area contributed by atoms with Crippen LogP contribution in [0.15, 0.2) is 18.2 Å². The molecule has 0 aromatic heterocycles. The maximum Gasteiger partial charge on any atom is 0.163 e. The number of hydrogen-bond donors (Lipinski definition) is 1. The van der Waals surface area contributed by atoms with Gasteiger partial charge in [-0.1, -0.05) is 13.8 Å². The summed E-state index contributed by atoms with van der Waals surface area (Å²) in [5.41, 5.74) is 1.43. The number of aromatic hydroxyl groups is 1. The van der Waals surface area contributed by atoms with E-state index in [1.165, 1.54) is 26.2 Å². The molecule has 0 amide bonds. The molecule has 3 heteroatoms. The topological polar surface area (TPSA) is 40.5 Å². The predicted octanol–water partition coefficient (Wildman–Crippen LogP) is 3.86. The number of benzene rings is 1. The Hall–Kier alpha value is -1.51. The van der Waals surface area contributed by atoms with Gasteiger partial charge in [-0.05, 0) is 50.2 Å². The van der Waals surface area contributed by atoms with Gasteiger partial charge in [0.25, 0.3) is 0 Å². The van der Waals surface area contributed by atoms with E-state index >= 15 is 0 Å². The van der Waals surface area contributed by atoms with Gasteiger partial charge < -0.3 is 10.0 Å². The molecule has 2 rings (SSSR count). The van der Waals surface area contributed by atoms with Gasteiger partial charge in [0, 0.05) is 24.8 Å². The van der Waals surface area contributed by atoms with E-state index in [0.29, 0.717) is 5.56 Å². The van der Waals surface area contributed by atoms with Crippen molar-refractivity contribution < 1.29 is 9.90 Å². The molecule has 1 N–H and O–H groups in total. The fourth-order valence-electron chi connectivity index (χ4n) is 3.06. The van der Waals surface area contributed by atoms with Crippen LogP contribution in [0.3, 0.4) is 0 Å². The minimum atomic E-state index is -0.0928. The van der Waals surface area contributed by atoms with E-state index in [1.807, 2.05) is 6.07 Å². The van der Waals surface area contributed by atoms with Crippen molar-refractivity contribution in [2.75, 3.05) is 18.0 Å². The average molecular weight is 275 g/mol. The fourth-order valence-corrected chi connectivity index (χ4v) is 3.06. The summed E-state index contributed by atoms with van der Waals surface area (Å²) in [7, 11) is 0. The van der Waals surface area contributed by atoms with Crippen molar-refractivity contribution in [2.45, 2.75) is 40.0 Å². The van der Waals surface area contributed by atoms with Crippen LogP contribution in [-0.2, 0) is 0 Å². The highest BCUT2D eigenvalue weighted by Gasteiger charge is 2.20. The first kappa shape index (κ1) is 14.9. The van der Waals surface area contributed by atoms with Crippen LogP contribution >= 0.6 is 0 Å². The van der Waals surface area contributed by atoms with Crippen LogP contribution < -0.4 is 4.90 Å². The van der Waals surface area contributed by atoms with Crippen LogP contribution in [0.25, 0.3) is 0 Å². The maximum absolute atomic E-state index is 11.4. The quantitative estimate of drug-likeness (QED) is 0.852. The lowest BCUT2D eigenvalue weighted by molar-refractivity contribution is 0.101. The number of phenolic OH excluding ortho intramolecular Hbond substituents is 1. The Bertz CT molecular complexity index is 482. The van der Waals surface area contributed by atoms with E-state index in [9.17, 15) is 9.90 Å². The molecule has 1 heterocycles. The average Bonchev–Trinajstić information content (AvgIpc) is 2.63. The molecule has 0 radical (unpaired) electrons. The van der Waals surface area contributed by atoms with Crippen molar-refractivity contribution in [2.24, 2.45) is 11.8 Å². The summed E-state index contributed by atoms with van der Waals surface area (Å²) in [5, 5.41) is 9.96. The Kier molecular flexibility index (Phi) is 4.69. The molecule has 0 saturated carbocycles. The largest absolute Gasteiger partial charge is 0.507 e. The van der Waals surface area contributed by atoms with Gasteiger partial charge in [0.05, 0.1) is 5.56 Å². The SMILES string of the molecule is CC(=O)c1ccc(N2CCCC(C(C)C)CC2)cc1O. The fraction of sp³-hybridized carbons (Fsp3) is 0.588. The van der Waals surface area contributed by atoms with E-state index in [4.69, 9.17) is 0 Å². The van der Waals surface area contributed by atoms with Gasteiger partial charge in [-0.25, -0.2) is 0 Å². The van der Waals surface area contributed by atoms with Crippen LogP contribution in [0.1, 0.15) is 50.4 Å². The number of anilines is 1. The predicted molar refractivity (Wildman–Crippen MR) is 82.5 cm³/mol. The summed E-state index contributed by atoms with van der Waals surface area (Å²) in [4.78, 5) is 13.7. The standard InChI is InChI=1S/C17H25NO2/c1-12(2)14-5-4-9-18(10-8-14)15-6-7-16(13(3)19)17(20)11-15/h6-7,11-12,14,20H,4-5,8-10H2,1-3H3. The second-order valence-corrected chi connectivity index (χ2v) is 6.18. The molecule has 110 valence electrons. The first-order chi connectivity index (χ1) is 9.49. The summed E-state index contributed by atoms with van der Waals surface area (Å²) in [6.45, 7) is 8.14.